The maximum Gasteiger partial charge on any atom is 0.337 e. The van der Waals surface area contributed by atoms with Crippen LogP contribution in [0.5, 0.6) is 0 Å². The first-order valence-corrected chi connectivity index (χ1v) is 4.36. The van der Waals surface area contributed by atoms with Gasteiger partial charge in [-0.1, -0.05) is 12.2 Å². The number of hydrogen-bond donors (Lipinski definition) is 1. The second-order valence-corrected chi connectivity index (χ2v) is 3.07. The summed E-state index contributed by atoms with van der Waals surface area (Å²) in [5.41, 5.74) is 0.994. The molecule has 0 radical (unpaired) electrons. The molecule has 0 bridgehead atoms. The molecule has 0 atom stereocenters. The Morgan fingerprint density at radius 2 is 2.14 bits per heavy atom. The molecule has 0 fully saturated rings. The molecule has 0 spiro atoms. The number of aromatic carboxylic acids is 1. The second kappa shape index (κ2) is 3.49. The molecule has 4 nitrogen and oxygen atoms in total. The first kappa shape index (κ1) is 8.74. The Kier molecular flexibility index (Phi) is 2.18. The third kappa shape index (κ3) is 1.46. The monoisotopic (exact) mass is 190 g/mol. The van der Waals surface area contributed by atoms with Gasteiger partial charge in [-0.25, -0.2) is 4.79 Å². The molecule has 1 aromatic heterocycles. The number of anilines is 1. The zero-order valence-corrected chi connectivity index (χ0v) is 7.55. The summed E-state index contributed by atoms with van der Waals surface area (Å²) in [5, 5.41) is 8.95. The van der Waals surface area contributed by atoms with Crippen molar-refractivity contribution in [2.24, 2.45) is 0 Å². The predicted octanol–water partition coefficient (Wildman–Crippen LogP) is 1.16. The second-order valence-electron chi connectivity index (χ2n) is 3.07. The third-order valence-corrected chi connectivity index (χ3v) is 2.19. The lowest BCUT2D eigenvalue weighted by Gasteiger charge is -2.18. The van der Waals surface area contributed by atoms with Gasteiger partial charge in [-0.05, 0) is 6.07 Å². The van der Waals surface area contributed by atoms with Crippen molar-refractivity contribution < 1.29 is 9.90 Å². The van der Waals surface area contributed by atoms with E-state index in [1.807, 2.05) is 17.1 Å². The van der Waals surface area contributed by atoms with Crippen LogP contribution in [-0.2, 0) is 0 Å². The van der Waals surface area contributed by atoms with Gasteiger partial charge in [-0.2, -0.15) is 0 Å². The van der Waals surface area contributed by atoms with E-state index in [-0.39, 0.29) is 0 Å². The maximum absolute atomic E-state index is 10.9. The SMILES string of the molecule is O=C(O)c1ccncc1N1CC=CC1. The Balaban J connectivity index is 2.36. The number of carboxylic acids is 1. The Bertz CT molecular complexity index is 379. The number of pyridine rings is 1. The van der Waals surface area contributed by atoms with Crippen LogP contribution in [0.25, 0.3) is 0 Å². The van der Waals surface area contributed by atoms with Gasteiger partial charge in [0, 0.05) is 19.3 Å². The summed E-state index contributed by atoms with van der Waals surface area (Å²) in [6.45, 7) is 1.51. The highest BCUT2D eigenvalue weighted by molar-refractivity contribution is 5.94. The molecule has 14 heavy (non-hydrogen) atoms. The van der Waals surface area contributed by atoms with E-state index in [0.29, 0.717) is 11.3 Å². The Morgan fingerprint density at radius 3 is 2.79 bits per heavy atom. The van der Waals surface area contributed by atoms with Gasteiger partial charge in [0.05, 0.1) is 17.4 Å². The van der Waals surface area contributed by atoms with Crippen LogP contribution in [0.4, 0.5) is 5.69 Å². The molecular weight excluding hydrogens is 180 g/mol. The van der Waals surface area contributed by atoms with Crippen molar-refractivity contribution in [2.45, 2.75) is 0 Å². The Morgan fingerprint density at radius 1 is 1.43 bits per heavy atom. The summed E-state index contributed by atoms with van der Waals surface area (Å²) >= 11 is 0. The van der Waals surface area contributed by atoms with E-state index in [9.17, 15) is 4.79 Å². The molecule has 0 aliphatic carbocycles. The van der Waals surface area contributed by atoms with Gasteiger partial charge in [0.25, 0.3) is 0 Å². The van der Waals surface area contributed by atoms with Gasteiger partial charge in [0.15, 0.2) is 0 Å². The summed E-state index contributed by atoms with van der Waals surface area (Å²) in [5.74, 6) is -0.908. The first-order valence-electron chi connectivity index (χ1n) is 4.36. The van der Waals surface area contributed by atoms with Crippen molar-refractivity contribution in [3.8, 4) is 0 Å². The molecule has 0 amide bonds. The number of carboxylic acid groups (broad SMARTS) is 1. The van der Waals surface area contributed by atoms with E-state index in [0.717, 1.165) is 13.1 Å². The molecule has 1 aromatic rings. The summed E-state index contributed by atoms with van der Waals surface area (Å²) in [7, 11) is 0. The fourth-order valence-electron chi connectivity index (χ4n) is 1.49. The van der Waals surface area contributed by atoms with Crippen LogP contribution in [0.1, 0.15) is 10.4 Å². The van der Waals surface area contributed by atoms with Crippen LogP contribution in [0.15, 0.2) is 30.6 Å². The lowest BCUT2D eigenvalue weighted by atomic mass is 10.2. The molecule has 1 N–H and O–H groups in total. The van der Waals surface area contributed by atoms with Crippen LogP contribution in [0.3, 0.4) is 0 Å². The van der Waals surface area contributed by atoms with E-state index in [1.54, 1.807) is 6.20 Å². The van der Waals surface area contributed by atoms with Gasteiger partial charge in [0.1, 0.15) is 0 Å². The average Bonchev–Trinajstić information content (AvgIpc) is 2.70. The summed E-state index contributed by atoms with van der Waals surface area (Å²) in [6.07, 6.45) is 7.12. The van der Waals surface area contributed by atoms with Gasteiger partial charge in [-0.15, -0.1) is 0 Å². The zero-order valence-electron chi connectivity index (χ0n) is 7.55. The van der Waals surface area contributed by atoms with E-state index in [2.05, 4.69) is 4.98 Å². The molecule has 72 valence electrons. The topological polar surface area (TPSA) is 53.4 Å². The molecule has 0 unspecified atom stereocenters. The van der Waals surface area contributed by atoms with Crippen molar-refractivity contribution >= 4 is 11.7 Å². The molecular formula is C10H10N2O2. The highest BCUT2D eigenvalue weighted by Crippen LogP contribution is 2.20. The quantitative estimate of drug-likeness (QED) is 0.711. The summed E-state index contributed by atoms with van der Waals surface area (Å²) < 4.78 is 0. The minimum Gasteiger partial charge on any atom is -0.478 e. The Hall–Kier alpha value is -1.84. The standard InChI is InChI=1S/C10H10N2O2/c13-10(14)8-3-4-11-7-9(8)12-5-1-2-6-12/h1-4,7H,5-6H2,(H,13,14). The first-order chi connectivity index (χ1) is 6.79. The Labute approximate surface area is 81.5 Å². The van der Waals surface area contributed by atoms with E-state index in [4.69, 9.17) is 5.11 Å². The van der Waals surface area contributed by atoms with Crippen LogP contribution in [0.2, 0.25) is 0 Å². The van der Waals surface area contributed by atoms with Crippen molar-refractivity contribution in [3.05, 3.63) is 36.2 Å². The van der Waals surface area contributed by atoms with Gasteiger partial charge < -0.3 is 10.0 Å². The number of nitrogens with zero attached hydrogens (tertiary/aromatic N) is 2. The normalized spacial score (nSPS) is 14.7. The molecule has 1 aliphatic heterocycles. The number of rotatable bonds is 2. The number of aromatic nitrogens is 1. The number of carbonyl (C=O) groups is 1. The molecule has 1 aliphatic rings. The fourth-order valence-corrected chi connectivity index (χ4v) is 1.49. The lowest BCUT2D eigenvalue weighted by molar-refractivity contribution is 0.0697. The molecule has 2 rings (SSSR count). The van der Waals surface area contributed by atoms with E-state index < -0.39 is 5.97 Å². The molecule has 2 heterocycles. The average molecular weight is 190 g/mol. The smallest absolute Gasteiger partial charge is 0.337 e. The predicted molar refractivity (Wildman–Crippen MR) is 52.5 cm³/mol. The molecule has 0 saturated heterocycles. The highest BCUT2D eigenvalue weighted by Gasteiger charge is 2.16. The van der Waals surface area contributed by atoms with E-state index >= 15 is 0 Å². The maximum atomic E-state index is 10.9. The van der Waals surface area contributed by atoms with Crippen LogP contribution >= 0.6 is 0 Å². The van der Waals surface area contributed by atoms with Crippen molar-refractivity contribution in [1.29, 1.82) is 0 Å². The van der Waals surface area contributed by atoms with Gasteiger partial charge in [-0.3, -0.25) is 4.98 Å². The number of hydrogen-bond acceptors (Lipinski definition) is 3. The summed E-state index contributed by atoms with van der Waals surface area (Å²) in [6, 6.07) is 1.52. The lowest BCUT2D eigenvalue weighted by Crippen LogP contribution is -2.21. The van der Waals surface area contributed by atoms with Crippen LogP contribution in [0, 0.1) is 0 Å². The van der Waals surface area contributed by atoms with Crippen LogP contribution in [-0.4, -0.2) is 29.1 Å². The zero-order chi connectivity index (χ0) is 9.97. The highest BCUT2D eigenvalue weighted by atomic mass is 16.4. The minimum atomic E-state index is -0.908. The third-order valence-electron chi connectivity index (χ3n) is 2.19. The summed E-state index contributed by atoms with van der Waals surface area (Å²) in [4.78, 5) is 16.8. The van der Waals surface area contributed by atoms with Gasteiger partial charge >= 0.3 is 5.97 Å². The van der Waals surface area contributed by atoms with Crippen molar-refractivity contribution in [1.82, 2.24) is 4.98 Å². The molecule has 4 heteroatoms. The van der Waals surface area contributed by atoms with E-state index in [1.165, 1.54) is 12.3 Å². The van der Waals surface area contributed by atoms with Gasteiger partial charge in [0.2, 0.25) is 0 Å². The fraction of sp³-hybridized carbons (Fsp3) is 0.200. The molecule has 0 aromatic carbocycles. The molecule has 0 saturated carbocycles. The van der Waals surface area contributed by atoms with Crippen molar-refractivity contribution in [3.63, 3.8) is 0 Å². The largest absolute Gasteiger partial charge is 0.478 e. The van der Waals surface area contributed by atoms with Crippen molar-refractivity contribution in [2.75, 3.05) is 18.0 Å². The van der Waals surface area contributed by atoms with Crippen LogP contribution < -0.4 is 4.90 Å². The minimum absolute atomic E-state index is 0.309.